The molecular weight excluding hydrogens is 188 g/mol. The Balaban J connectivity index is 2.80. The van der Waals surface area contributed by atoms with E-state index in [-0.39, 0.29) is 0 Å². The van der Waals surface area contributed by atoms with E-state index in [9.17, 15) is 5.11 Å². The minimum absolute atomic E-state index is 0.520. The van der Waals surface area contributed by atoms with Crippen LogP contribution in [0.3, 0.4) is 0 Å². The predicted molar refractivity (Wildman–Crippen MR) is 62.0 cm³/mol. The fourth-order valence-corrected chi connectivity index (χ4v) is 1.47. The van der Waals surface area contributed by atoms with Gasteiger partial charge in [0.05, 0.1) is 13.2 Å². The molecule has 82 valence electrons. The van der Waals surface area contributed by atoms with E-state index in [4.69, 9.17) is 4.74 Å². The monoisotopic (exact) mass is 206 g/mol. The van der Waals surface area contributed by atoms with Gasteiger partial charge in [0.2, 0.25) is 0 Å². The highest BCUT2D eigenvalue weighted by molar-refractivity contribution is 5.35. The lowest BCUT2D eigenvalue weighted by atomic mass is 10.0. The van der Waals surface area contributed by atoms with Crippen LogP contribution >= 0.6 is 0 Å². The Morgan fingerprint density at radius 2 is 2.13 bits per heavy atom. The van der Waals surface area contributed by atoms with Crippen molar-refractivity contribution < 1.29 is 9.84 Å². The zero-order valence-corrected chi connectivity index (χ0v) is 9.36. The SMILES string of the molecule is C=C(CC)CC(O)c1ccccc1OC. The zero-order valence-electron chi connectivity index (χ0n) is 9.36. The van der Waals surface area contributed by atoms with Crippen LogP contribution in [0.1, 0.15) is 31.4 Å². The van der Waals surface area contributed by atoms with Crippen LogP contribution in [0, 0.1) is 0 Å². The van der Waals surface area contributed by atoms with Crippen LogP contribution in [0.4, 0.5) is 0 Å². The second kappa shape index (κ2) is 5.56. The van der Waals surface area contributed by atoms with Crippen molar-refractivity contribution in [2.75, 3.05) is 7.11 Å². The number of methoxy groups -OCH3 is 1. The predicted octanol–water partition coefficient (Wildman–Crippen LogP) is 3.08. The lowest BCUT2D eigenvalue weighted by Crippen LogP contribution is -2.01. The van der Waals surface area contributed by atoms with Gasteiger partial charge in [-0.3, -0.25) is 0 Å². The lowest BCUT2D eigenvalue weighted by Gasteiger charge is -2.15. The first-order valence-corrected chi connectivity index (χ1v) is 5.16. The van der Waals surface area contributed by atoms with E-state index in [1.54, 1.807) is 7.11 Å². The first kappa shape index (κ1) is 11.8. The van der Waals surface area contributed by atoms with Gasteiger partial charge in [-0.1, -0.05) is 37.3 Å². The van der Waals surface area contributed by atoms with Crippen molar-refractivity contribution in [3.8, 4) is 5.75 Å². The highest BCUT2D eigenvalue weighted by Gasteiger charge is 2.12. The number of hydrogen-bond donors (Lipinski definition) is 1. The van der Waals surface area contributed by atoms with Crippen LogP contribution in [0.2, 0.25) is 0 Å². The normalized spacial score (nSPS) is 12.2. The maximum Gasteiger partial charge on any atom is 0.124 e. The number of hydrogen-bond acceptors (Lipinski definition) is 2. The molecule has 1 N–H and O–H groups in total. The lowest BCUT2D eigenvalue weighted by molar-refractivity contribution is 0.173. The maximum absolute atomic E-state index is 9.99. The quantitative estimate of drug-likeness (QED) is 0.750. The van der Waals surface area contributed by atoms with Gasteiger partial charge < -0.3 is 9.84 Å². The summed E-state index contributed by atoms with van der Waals surface area (Å²) in [6.07, 6.45) is 0.969. The zero-order chi connectivity index (χ0) is 11.3. The van der Waals surface area contributed by atoms with Crippen LogP contribution in [0.5, 0.6) is 5.75 Å². The van der Waals surface area contributed by atoms with Crippen molar-refractivity contribution in [1.82, 2.24) is 0 Å². The van der Waals surface area contributed by atoms with Gasteiger partial charge in [-0.05, 0) is 18.9 Å². The number of aliphatic hydroxyl groups excluding tert-OH is 1. The van der Waals surface area contributed by atoms with E-state index in [2.05, 4.69) is 6.58 Å². The standard InChI is InChI=1S/C13H18O2/c1-4-10(2)9-12(14)11-7-5-6-8-13(11)15-3/h5-8,12,14H,2,4,9H2,1,3H3. The molecule has 1 rings (SSSR count). The van der Waals surface area contributed by atoms with Crippen molar-refractivity contribution in [3.05, 3.63) is 42.0 Å². The third-order valence-electron chi connectivity index (χ3n) is 2.48. The van der Waals surface area contributed by atoms with Crippen LogP contribution in [0.15, 0.2) is 36.4 Å². The summed E-state index contributed by atoms with van der Waals surface area (Å²) in [6, 6.07) is 7.53. The molecule has 1 aromatic carbocycles. The molecule has 0 aliphatic heterocycles. The molecule has 0 spiro atoms. The molecular formula is C13H18O2. The third-order valence-corrected chi connectivity index (χ3v) is 2.48. The van der Waals surface area contributed by atoms with Crippen molar-refractivity contribution >= 4 is 0 Å². The third kappa shape index (κ3) is 3.10. The average Bonchev–Trinajstić information content (AvgIpc) is 2.28. The van der Waals surface area contributed by atoms with E-state index in [1.807, 2.05) is 31.2 Å². The first-order chi connectivity index (χ1) is 7.19. The number of ether oxygens (including phenoxy) is 1. The summed E-state index contributed by atoms with van der Waals surface area (Å²) in [6.45, 7) is 5.93. The highest BCUT2D eigenvalue weighted by atomic mass is 16.5. The summed E-state index contributed by atoms with van der Waals surface area (Å²) < 4.78 is 5.19. The van der Waals surface area contributed by atoms with E-state index in [0.29, 0.717) is 6.42 Å². The smallest absolute Gasteiger partial charge is 0.124 e. The molecule has 0 amide bonds. The van der Waals surface area contributed by atoms with Gasteiger partial charge in [0.1, 0.15) is 5.75 Å². The Hall–Kier alpha value is -1.28. The van der Waals surface area contributed by atoms with Crippen LogP contribution < -0.4 is 4.74 Å². The van der Waals surface area contributed by atoms with Crippen LogP contribution in [0.25, 0.3) is 0 Å². The van der Waals surface area contributed by atoms with E-state index >= 15 is 0 Å². The summed E-state index contributed by atoms with van der Waals surface area (Å²) >= 11 is 0. The first-order valence-electron chi connectivity index (χ1n) is 5.16. The Labute approximate surface area is 91.2 Å². The molecule has 0 fully saturated rings. The molecule has 1 unspecified atom stereocenters. The van der Waals surface area contributed by atoms with E-state index < -0.39 is 6.10 Å². The minimum Gasteiger partial charge on any atom is -0.496 e. The van der Waals surface area contributed by atoms with Crippen molar-refractivity contribution in [2.45, 2.75) is 25.9 Å². The summed E-state index contributed by atoms with van der Waals surface area (Å²) in [5, 5.41) is 9.99. The van der Waals surface area contributed by atoms with Crippen LogP contribution in [-0.4, -0.2) is 12.2 Å². The molecule has 1 aromatic rings. The van der Waals surface area contributed by atoms with Crippen molar-refractivity contribution in [2.24, 2.45) is 0 Å². The second-order valence-electron chi connectivity index (χ2n) is 3.57. The average molecular weight is 206 g/mol. The maximum atomic E-state index is 9.99. The number of aliphatic hydroxyl groups is 1. The number of para-hydroxylation sites is 1. The molecule has 0 heterocycles. The summed E-state index contributed by atoms with van der Waals surface area (Å²) in [4.78, 5) is 0. The Kier molecular flexibility index (Phi) is 4.37. The van der Waals surface area contributed by atoms with E-state index in [1.165, 1.54) is 0 Å². The fraction of sp³-hybridized carbons (Fsp3) is 0.385. The number of rotatable bonds is 5. The molecule has 2 nitrogen and oxygen atoms in total. The number of benzene rings is 1. The van der Waals surface area contributed by atoms with Gasteiger partial charge in [0.15, 0.2) is 0 Å². The van der Waals surface area contributed by atoms with Crippen LogP contribution in [-0.2, 0) is 0 Å². The minimum atomic E-state index is -0.520. The van der Waals surface area contributed by atoms with E-state index in [0.717, 1.165) is 23.3 Å². The summed E-state index contributed by atoms with van der Waals surface area (Å²) in [5.41, 5.74) is 1.88. The highest BCUT2D eigenvalue weighted by Crippen LogP contribution is 2.29. The second-order valence-corrected chi connectivity index (χ2v) is 3.57. The molecule has 0 aliphatic carbocycles. The largest absolute Gasteiger partial charge is 0.496 e. The molecule has 0 bridgehead atoms. The molecule has 1 atom stereocenters. The van der Waals surface area contributed by atoms with Crippen molar-refractivity contribution in [1.29, 1.82) is 0 Å². The van der Waals surface area contributed by atoms with Gasteiger partial charge in [-0.2, -0.15) is 0 Å². The molecule has 15 heavy (non-hydrogen) atoms. The fourth-order valence-electron chi connectivity index (χ4n) is 1.47. The van der Waals surface area contributed by atoms with Gasteiger partial charge in [-0.25, -0.2) is 0 Å². The molecule has 0 aliphatic rings. The molecule has 2 heteroatoms. The van der Waals surface area contributed by atoms with Gasteiger partial charge in [0.25, 0.3) is 0 Å². The summed E-state index contributed by atoms with van der Waals surface area (Å²) in [7, 11) is 1.61. The molecule has 0 aromatic heterocycles. The molecule has 0 saturated heterocycles. The van der Waals surface area contributed by atoms with Gasteiger partial charge in [0, 0.05) is 5.56 Å². The molecule has 0 radical (unpaired) electrons. The topological polar surface area (TPSA) is 29.5 Å². The Bertz CT molecular complexity index is 331. The van der Waals surface area contributed by atoms with Crippen molar-refractivity contribution in [3.63, 3.8) is 0 Å². The summed E-state index contributed by atoms with van der Waals surface area (Å²) in [5.74, 6) is 0.730. The molecule has 0 saturated carbocycles. The Morgan fingerprint density at radius 1 is 1.47 bits per heavy atom. The van der Waals surface area contributed by atoms with Gasteiger partial charge >= 0.3 is 0 Å². The van der Waals surface area contributed by atoms with Gasteiger partial charge in [-0.15, -0.1) is 0 Å². The Morgan fingerprint density at radius 3 is 2.73 bits per heavy atom.